The van der Waals surface area contributed by atoms with E-state index in [0.29, 0.717) is 30.3 Å². The highest BCUT2D eigenvalue weighted by molar-refractivity contribution is 5.70. The Balaban J connectivity index is 1.77. The Labute approximate surface area is 109 Å². The highest BCUT2D eigenvalue weighted by Gasteiger charge is 2.33. The van der Waals surface area contributed by atoms with Gasteiger partial charge in [-0.15, -0.1) is 0 Å². The fourth-order valence-electron chi connectivity index (χ4n) is 2.47. The van der Waals surface area contributed by atoms with E-state index in [1.54, 1.807) is 10.9 Å². The molecular weight excluding hydrogens is 248 g/mol. The monoisotopic (exact) mass is 262 g/mol. The molecule has 2 aromatic heterocycles. The fourth-order valence-corrected chi connectivity index (χ4v) is 2.47. The highest BCUT2D eigenvalue weighted by atomic mass is 16.5. The van der Waals surface area contributed by atoms with Crippen molar-refractivity contribution in [1.29, 1.82) is 0 Å². The minimum Gasteiger partial charge on any atom is -0.481 e. The van der Waals surface area contributed by atoms with Crippen molar-refractivity contribution in [2.75, 3.05) is 0 Å². The third kappa shape index (κ3) is 2.23. The molecule has 0 aliphatic heterocycles. The molecule has 7 nitrogen and oxygen atoms in total. The van der Waals surface area contributed by atoms with Crippen LogP contribution in [-0.4, -0.2) is 31.0 Å². The average Bonchev–Trinajstić information content (AvgIpc) is 3.07. The molecule has 1 aliphatic rings. The van der Waals surface area contributed by atoms with Gasteiger partial charge in [-0.2, -0.15) is 10.1 Å². The molecule has 1 N–H and O–H groups in total. The Morgan fingerprint density at radius 3 is 3.00 bits per heavy atom. The third-order valence-corrected chi connectivity index (χ3v) is 3.52. The number of aliphatic carboxylic acids is 1. The number of hydrogen-bond donors (Lipinski definition) is 1. The van der Waals surface area contributed by atoms with E-state index < -0.39 is 5.97 Å². The number of carbonyl (C=O) groups is 1. The standard InChI is InChI=1S/C12H14N4O3/c1-16-5-4-9(14-16)10-13-11(19-15-10)7-2-3-8(6-7)12(17)18/h4-5,7-8H,2-3,6H2,1H3,(H,17,18). The fraction of sp³-hybridized carbons (Fsp3) is 0.500. The predicted octanol–water partition coefficient (Wildman–Crippen LogP) is 1.44. The Bertz CT molecular complexity index is 604. The van der Waals surface area contributed by atoms with E-state index in [0.717, 1.165) is 6.42 Å². The van der Waals surface area contributed by atoms with Crippen molar-refractivity contribution in [3.8, 4) is 11.5 Å². The van der Waals surface area contributed by atoms with E-state index in [1.807, 2.05) is 13.1 Å². The van der Waals surface area contributed by atoms with Crippen LogP contribution in [0.3, 0.4) is 0 Å². The molecule has 2 aromatic rings. The van der Waals surface area contributed by atoms with E-state index in [-0.39, 0.29) is 11.8 Å². The summed E-state index contributed by atoms with van der Waals surface area (Å²) in [4.78, 5) is 15.3. The summed E-state index contributed by atoms with van der Waals surface area (Å²) in [5, 5.41) is 17.1. The number of carboxylic acid groups (broad SMARTS) is 1. The van der Waals surface area contributed by atoms with Gasteiger partial charge >= 0.3 is 5.97 Å². The molecule has 2 heterocycles. The summed E-state index contributed by atoms with van der Waals surface area (Å²) >= 11 is 0. The maximum Gasteiger partial charge on any atom is 0.306 e. The van der Waals surface area contributed by atoms with Crippen molar-refractivity contribution in [3.63, 3.8) is 0 Å². The SMILES string of the molecule is Cn1ccc(-c2noc(C3CCC(C(=O)O)C3)n2)n1. The number of aromatic nitrogens is 4. The van der Waals surface area contributed by atoms with Gasteiger partial charge in [-0.3, -0.25) is 9.48 Å². The lowest BCUT2D eigenvalue weighted by atomic mass is 10.1. The van der Waals surface area contributed by atoms with Crippen LogP contribution in [0.4, 0.5) is 0 Å². The van der Waals surface area contributed by atoms with E-state index in [1.165, 1.54) is 0 Å². The number of hydrogen-bond acceptors (Lipinski definition) is 5. The summed E-state index contributed by atoms with van der Waals surface area (Å²) in [5.41, 5.74) is 0.658. The van der Waals surface area contributed by atoms with Gasteiger partial charge in [0.1, 0.15) is 5.69 Å². The number of aryl methyl sites for hydroxylation is 1. The van der Waals surface area contributed by atoms with Crippen molar-refractivity contribution < 1.29 is 14.4 Å². The molecule has 3 rings (SSSR count). The van der Waals surface area contributed by atoms with E-state index >= 15 is 0 Å². The first kappa shape index (κ1) is 11.9. The number of rotatable bonds is 3. The molecule has 1 aliphatic carbocycles. The Morgan fingerprint density at radius 1 is 1.53 bits per heavy atom. The van der Waals surface area contributed by atoms with Crippen LogP contribution in [0.1, 0.15) is 31.1 Å². The van der Waals surface area contributed by atoms with Crippen LogP contribution in [0, 0.1) is 5.92 Å². The molecule has 0 amide bonds. The van der Waals surface area contributed by atoms with Crippen molar-refractivity contribution in [2.45, 2.75) is 25.2 Å². The maximum absolute atomic E-state index is 10.9. The second-order valence-corrected chi connectivity index (χ2v) is 4.88. The minimum absolute atomic E-state index is 0.0473. The molecule has 100 valence electrons. The normalized spacial score (nSPS) is 22.8. The van der Waals surface area contributed by atoms with Crippen LogP contribution in [-0.2, 0) is 11.8 Å². The summed E-state index contributed by atoms with van der Waals surface area (Å²) in [6.45, 7) is 0. The Hall–Kier alpha value is -2.18. The highest BCUT2D eigenvalue weighted by Crippen LogP contribution is 2.38. The molecule has 0 saturated heterocycles. The van der Waals surface area contributed by atoms with Crippen molar-refractivity contribution in [2.24, 2.45) is 13.0 Å². The lowest BCUT2D eigenvalue weighted by Crippen LogP contribution is -2.09. The predicted molar refractivity (Wildman–Crippen MR) is 64.2 cm³/mol. The van der Waals surface area contributed by atoms with Gasteiger partial charge in [-0.05, 0) is 25.3 Å². The molecule has 0 radical (unpaired) electrons. The molecule has 0 spiro atoms. The summed E-state index contributed by atoms with van der Waals surface area (Å²) < 4.78 is 6.91. The van der Waals surface area contributed by atoms with Crippen LogP contribution < -0.4 is 0 Å². The summed E-state index contributed by atoms with van der Waals surface area (Å²) in [6.07, 6.45) is 3.82. The maximum atomic E-state index is 10.9. The first-order valence-electron chi connectivity index (χ1n) is 6.20. The molecule has 1 fully saturated rings. The number of nitrogens with zero attached hydrogens (tertiary/aromatic N) is 4. The van der Waals surface area contributed by atoms with Crippen LogP contribution in [0.5, 0.6) is 0 Å². The first-order chi connectivity index (χ1) is 9.13. The molecule has 7 heteroatoms. The lowest BCUT2D eigenvalue weighted by molar-refractivity contribution is -0.141. The summed E-state index contributed by atoms with van der Waals surface area (Å²) in [5.74, 6) is -0.0213. The minimum atomic E-state index is -0.744. The van der Waals surface area contributed by atoms with Gasteiger partial charge in [0.15, 0.2) is 0 Å². The van der Waals surface area contributed by atoms with Gasteiger partial charge in [-0.25, -0.2) is 0 Å². The van der Waals surface area contributed by atoms with Gasteiger partial charge in [-0.1, -0.05) is 5.16 Å². The molecule has 0 aromatic carbocycles. The smallest absolute Gasteiger partial charge is 0.306 e. The zero-order chi connectivity index (χ0) is 13.4. The zero-order valence-corrected chi connectivity index (χ0v) is 10.5. The van der Waals surface area contributed by atoms with Crippen LogP contribution in [0.15, 0.2) is 16.8 Å². The average molecular weight is 262 g/mol. The first-order valence-corrected chi connectivity index (χ1v) is 6.20. The van der Waals surface area contributed by atoms with Crippen LogP contribution in [0.2, 0.25) is 0 Å². The summed E-state index contributed by atoms with van der Waals surface area (Å²) in [7, 11) is 1.82. The van der Waals surface area contributed by atoms with Gasteiger partial charge in [0.2, 0.25) is 11.7 Å². The Morgan fingerprint density at radius 2 is 2.37 bits per heavy atom. The zero-order valence-electron chi connectivity index (χ0n) is 10.5. The van der Waals surface area contributed by atoms with Gasteiger partial charge < -0.3 is 9.63 Å². The second-order valence-electron chi connectivity index (χ2n) is 4.88. The summed E-state index contributed by atoms with van der Waals surface area (Å²) in [6, 6.07) is 1.81. The third-order valence-electron chi connectivity index (χ3n) is 3.52. The molecule has 19 heavy (non-hydrogen) atoms. The van der Waals surface area contributed by atoms with Crippen molar-refractivity contribution >= 4 is 5.97 Å². The topological polar surface area (TPSA) is 94.0 Å². The molecule has 2 atom stereocenters. The van der Waals surface area contributed by atoms with Crippen LogP contribution in [0.25, 0.3) is 11.5 Å². The largest absolute Gasteiger partial charge is 0.481 e. The van der Waals surface area contributed by atoms with Gasteiger partial charge in [0.05, 0.1) is 5.92 Å². The number of carboxylic acids is 1. The molecule has 2 unspecified atom stereocenters. The van der Waals surface area contributed by atoms with E-state index in [2.05, 4.69) is 15.2 Å². The van der Waals surface area contributed by atoms with Gasteiger partial charge in [0.25, 0.3) is 0 Å². The molecular formula is C12H14N4O3. The van der Waals surface area contributed by atoms with Gasteiger partial charge in [0, 0.05) is 19.2 Å². The van der Waals surface area contributed by atoms with Crippen molar-refractivity contribution in [1.82, 2.24) is 19.9 Å². The van der Waals surface area contributed by atoms with Crippen LogP contribution >= 0.6 is 0 Å². The lowest BCUT2D eigenvalue weighted by Gasteiger charge is -2.02. The van der Waals surface area contributed by atoms with Crippen molar-refractivity contribution in [3.05, 3.63) is 18.2 Å². The van der Waals surface area contributed by atoms with E-state index in [9.17, 15) is 4.79 Å². The Kier molecular flexibility index (Phi) is 2.81. The quantitative estimate of drug-likeness (QED) is 0.899. The molecule has 1 saturated carbocycles. The molecule has 0 bridgehead atoms. The van der Waals surface area contributed by atoms with E-state index in [4.69, 9.17) is 9.63 Å². The second kappa shape index (κ2) is 4.49.